The SMILES string of the molecule is CN1CCC(NC(=O)c2nn3cccnc3c2Br)CC1. The Bertz CT molecular complexity index is 633. The van der Waals surface area contributed by atoms with Gasteiger partial charge in [-0.25, -0.2) is 9.50 Å². The summed E-state index contributed by atoms with van der Waals surface area (Å²) in [6.07, 6.45) is 5.41. The van der Waals surface area contributed by atoms with Gasteiger partial charge in [0.1, 0.15) is 0 Å². The number of fused-ring (bicyclic) bond motifs is 1. The summed E-state index contributed by atoms with van der Waals surface area (Å²) in [4.78, 5) is 18.8. The van der Waals surface area contributed by atoms with Crippen molar-refractivity contribution < 1.29 is 4.79 Å². The lowest BCUT2D eigenvalue weighted by molar-refractivity contribution is 0.0910. The van der Waals surface area contributed by atoms with Crippen molar-refractivity contribution in [3.63, 3.8) is 0 Å². The van der Waals surface area contributed by atoms with Crippen molar-refractivity contribution in [1.82, 2.24) is 24.8 Å². The van der Waals surface area contributed by atoms with Gasteiger partial charge >= 0.3 is 0 Å². The molecule has 7 heteroatoms. The molecule has 1 amide bonds. The highest BCUT2D eigenvalue weighted by molar-refractivity contribution is 9.10. The largest absolute Gasteiger partial charge is 0.348 e. The molecule has 6 nitrogen and oxygen atoms in total. The maximum atomic E-state index is 12.3. The zero-order valence-electron chi connectivity index (χ0n) is 11.2. The topological polar surface area (TPSA) is 62.5 Å². The molecule has 0 bridgehead atoms. The van der Waals surface area contributed by atoms with E-state index in [2.05, 4.69) is 43.3 Å². The minimum atomic E-state index is -0.142. The highest BCUT2D eigenvalue weighted by atomic mass is 79.9. The van der Waals surface area contributed by atoms with Crippen LogP contribution in [0.2, 0.25) is 0 Å². The lowest BCUT2D eigenvalue weighted by Crippen LogP contribution is -2.43. The van der Waals surface area contributed by atoms with Crippen molar-refractivity contribution in [2.24, 2.45) is 0 Å². The quantitative estimate of drug-likeness (QED) is 0.897. The van der Waals surface area contributed by atoms with Crippen LogP contribution < -0.4 is 5.32 Å². The monoisotopic (exact) mass is 337 g/mol. The third kappa shape index (κ3) is 2.55. The lowest BCUT2D eigenvalue weighted by Gasteiger charge is -2.29. The predicted molar refractivity (Wildman–Crippen MR) is 78.7 cm³/mol. The normalized spacial score (nSPS) is 17.5. The number of piperidine rings is 1. The molecule has 1 saturated heterocycles. The predicted octanol–water partition coefficient (Wildman–Crippen LogP) is 1.32. The molecule has 0 aliphatic carbocycles. The van der Waals surface area contributed by atoms with Crippen LogP contribution in [-0.2, 0) is 0 Å². The van der Waals surface area contributed by atoms with Gasteiger partial charge in [-0.3, -0.25) is 4.79 Å². The van der Waals surface area contributed by atoms with Gasteiger partial charge in [0.25, 0.3) is 5.91 Å². The van der Waals surface area contributed by atoms with Crippen molar-refractivity contribution in [3.05, 3.63) is 28.6 Å². The molecule has 106 valence electrons. The summed E-state index contributed by atoms with van der Waals surface area (Å²) in [5.74, 6) is -0.142. The number of amides is 1. The minimum absolute atomic E-state index is 0.142. The average molecular weight is 338 g/mol. The van der Waals surface area contributed by atoms with Gasteiger partial charge in [-0.2, -0.15) is 5.10 Å². The standard InChI is InChI=1S/C13H16BrN5O/c1-18-7-3-9(4-8-18)16-13(20)11-10(14)12-15-5-2-6-19(12)17-11/h2,5-6,9H,3-4,7-8H2,1H3,(H,16,20). The number of hydrogen-bond acceptors (Lipinski definition) is 4. The summed E-state index contributed by atoms with van der Waals surface area (Å²) >= 11 is 3.41. The number of carbonyl (C=O) groups is 1. The van der Waals surface area contributed by atoms with Crippen LogP contribution in [0.5, 0.6) is 0 Å². The summed E-state index contributed by atoms with van der Waals surface area (Å²) in [5.41, 5.74) is 1.05. The van der Waals surface area contributed by atoms with E-state index in [9.17, 15) is 4.79 Å². The molecule has 0 atom stereocenters. The molecule has 0 unspecified atom stereocenters. The Morgan fingerprint density at radius 1 is 1.45 bits per heavy atom. The highest BCUT2D eigenvalue weighted by Gasteiger charge is 2.23. The van der Waals surface area contributed by atoms with Crippen LogP contribution in [0, 0.1) is 0 Å². The van der Waals surface area contributed by atoms with E-state index in [4.69, 9.17) is 0 Å². The summed E-state index contributed by atoms with van der Waals surface area (Å²) in [6.45, 7) is 2.03. The molecule has 0 radical (unpaired) electrons. The zero-order chi connectivity index (χ0) is 14.1. The third-order valence-corrected chi connectivity index (χ3v) is 4.34. The molecule has 20 heavy (non-hydrogen) atoms. The Morgan fingerprint density at radius 2 is 2.20 bits per heavy atom. The van der Waals surface area contributed by atoms with Gasteiger partial charge in [0.05, 0.1) is 4.47 Å². The molecule has 3 rings (SSSR count). The first-order chi connectivity index (χ1) is 9.65. The molecule has 0 spiro atoms. The number of nitrogens with one attached hydrogen (secondary N) is 1. The van der Waals surface area contributed by atoms with Gasteiger partial charge in [-0.15, -0.1) is 0 Å². The summed E-state index contributed by atoms with van der Waals surface area (Å²) < 4.78 is 2.25. The fourth-order valence-corrected chi connectivity index (χ4v) is 2.95. The summed E-state index contributed by atoms with van der Waals surface area (Å²) in [5, 5.41) is 7.34. The van der Waals surface area contributed by atoms with E-state index in [0.29, 0.717) is 15.8 Å². The fraction of sp³-hybridized carbons (Fsp3) is 0.462. The number of carbonyl (C=O) groups excluding carboxylic acids is 1. The van der Waals surface area contributed by atoms with Crippen LogP contribution in [0.1, 0.15) is 23.3 Å². The average Bonchev–Trinajstić information content (AvgIpc) is 2.79. The second-order valence-electron chi connectivity index (χ2n) is 5.10. The molecule has 3 heterocycles. The van der Waals surface area contributed by atoms with E-state index in [1.54, 1.807) is 23.0 Å². The van der Waals surface area contributed by atoms with Crippen LogP contribution in [0.15, 0.2) is 22.9 Å². The van der Waals surface area contributed by atoms with Crippen LogP contribution in [0.4, 0.5) is 0 Å². The zero-order valence-corrected chi connectivity index (χ0v) is 12.8. The molecule has 0 saturated carbocycles. The maximum absolute atomic E-state index is 12.3. The van der Waals surface area contributed by atoms with Crippen LogP contribution in [0.25, 0.3) is 5.65 Å². The Morgan fingerprint density at radius 3 is 2.90 bits per heavy atom. The number of hydrogen-bond donors (Lipinski definition) is 1. The summed E-state index contributed by atoms with van der Waals surface area (Å²) in [6, 6.07) is 2.01. The lowest BCUT2D eigenvalue weighted by atomic mass is 10.1. The number of likely N-dealkylation sites (tertiary alicyclic amines) is 1. The van der Waals surface area contributed by atoms with Crippen molar-refractivity contribution in [1.29, 1.82) is 0 Å². The highest BCUT2D eigenvalue weighted by Crippen LogP contribution is 2.21. The molecule has 2 aromatic heterocycles. The van der Waals surface area contributed by atoms with Crippen LogP contribution in [0.3, 0.4) is 0 Å². The Kier molecular flexibility index (Phi) is 3.71. The molecule has 2 aromatic rings. The maximum Gasteiger partial charge on any atom is 0.273 e. The van der Waals surface area contributed by atoms with E-state index in [1.807, 2.05) is 0 Å². The second kappa shape index (κ2) is 5.49. The molecule has 1 aliphatic heterocycles. The molecule has 1 N–H and O–H groups in total. The Labute approximate surface area is 125 Å². The van der Waals surface area contributed by atoms with E-state index >= 15 is 0 Å². The third-order valence-electron chi connectivity index (χ3n) is 3.61. The van der Waals surface area contributed by atoms with Gasteiger partial charge in [0.15, 0.2) is 11.3 Å². The first kappa shape index (κ1) is 13.5. The fourth-order valence-electron chi connectivity index (χ4n) is 2.41. The first-order valence-corrected chi connectivity index (χ1v) is 7.42. The van der Waals surface area contributed by atoms with Gasteiger partial charge in [0.2, 0.25) is 0 Å². The van der Waals surface area contributed by atoms with Gasteiger partial charge in [-0.1, -0.05) is 0 Å². The summed E-state index contributed by atoms with van der Waals surface area (Å²) in [7, 11) is 2.10. The van der Waals surface area contributed by atoms with Crippen LogP contribution in [-0.4, -0.2) is 51.6 Å². The van der Waals surface area contributed by atoms with E-state index in [-0.39, 0.29) is 11.9 Å². The number of nitrogens with zero attached hydrogens (tertiary/aromatic N) is 4. The molecule has 0 aromatic carbocycles. The number of rotatable bonds is 2. The first-order valence-electron chi connectivity index (χ1n) is 6.63. The minimum Gasteiger partial charge on any atom is -0.348 e. The smallest absolute Gasteiger partial charge is 0.273 e. The number of aromatic nitrogens is 3. The number of halogens is 1. The van der Waals surface area contributed by atoms with Gasteiger partial charge in [-0.05, 0) is 55.0 Å². The molecular weight excluding hydrogens is 322 g/mol. The molecule has 1 aliphatic rings. The molecule has 1 fully saturated rings. The van der Waals surface area contributed by atoms with Crippen LogP contribution >= 0.6 is 15.9 Å². The van der Waals surface area contributed by atoms with E-state index in [1.165, 1.54) is 0 Å². The Balaban J connectivity index is 1.77. The van der Waals surface area contributed by atoms with Gasteiger partial charge < -0.3 is 10.2 Å². The van der Waals surface area contributed by atoms with Crippen molar-refractivity contribution in [2.45, 2.75) is 18.9 Å². The van der Waals surface area contributed by atoms with E-state index < -0.39 is 0 Å². The molecular formula is C13H16BrN5O. The van der Waals surface area contributed by atoms with E-state index in [0.717, 1.165) is 25.9 Å². The Hall–Kier alpha value is -1.47. The van der Waals surface area contributed by atoms with Crippen molar-refractivity contribution >= 4 is 27.5 Å². The van der Waals surface area contributed by atoms with Gasteiger partial charge in [0, 0.05) is 18.4 Å². The second-order valence-corrected chi connectivity index (χ2v) is 5.89. The van der Waals surface area contributed by atoms with Crippen molar-refractivity contribution in [3.8, 4) is 0 Å². The van der Waals surface area contributed by atoms with Crippen molar-refractivity contribution in [2.75, 3.05) is 20.1 Å².